The molecule has 0 radical (unpaired) electrons. The van der Waals surface area contributed by atoms with Gasteiger partial charge in [0, 0.05) is 10.7 Å². The fourth-order valence-electron chi connectivity index (χ4n) is 2.01. The van der Waals surface area contributed by atoms with E-state index in [1.807, 2.05) is 0 Å². The second kappa shape index (κ2) is 5.66. The molecule has 6 nitrogen and oxygen atoms in total. The molecule has 0 bridgehead atoms. The van der Waals surface area contributed by atoms with Crippen molar-refractivity contribution in [2.24, 2.45) is 5.92 Å². The Morgan fingerprint density at radius 3 is 2.38 bits per heavy atom. The second-order valence-electron chi connectivity index (χ2n) is 5.11. The monoisotopic (exact) mass is 353 g/mol. The zero-order chi connectivity index (χ0) is 15.8. The lowest BCUT2D eigenvalue weighted by Gasteiger charge is -2.15. The van der Waals surface area contributed by atoms with Crippen molar-refractivity contribution in [1.82, 2.24) is 0 Å². The minimum atomic E-state index is -4.04. The predicted molar refractivity (Wildman–Crippen MR) is 80.9 cm³/mol. The Balaban J connectivity index is 2.45. The zero-order valence-corrected chi connectivity index (χ0v) is 14.0. The lowest BCUT2D eigenvalue weighted by molar-refractivity contribution is 0.405. The van der Waals surface area contributed by atoms with Gasteiger partial charge in [0.25, 0.3) is 9.05 Å². The molecule has 0 saturated heterocycles. The second-order valence-corrected chi connectivity index (χ2v) is 9.41. The van der Waals surface area contributed by atoms with Gasteiger partial charge in [-0.1, -0.05) is 0 Å². The molecule has 0 amide bonds. The maximum atomic E-state index is 12.0. The van der Waals surface area contributed by atoms with Crippen LogP contribution in [-0.4, -0.2) is 29.7 Å². The molecule has 118 valence electrons. The van der Waals surface area contributed by atoms with Gasteiger partial charge in [0.2, 0.25) is 10.0 Å². The summed E-state index contributed by atoms with van der Waals surface area (Å²) >= 11 is 0. The predicted octanol–water partition coefficient (Wildman–Crippen LogP) is 2.08. The molecule has 1 saturated carbocycles. The van der Waals surface area contributed by atoms with Gasteiger partial charge >= 0.3 is 0 Å². The third-order valence-corrected chi connectivity index (χ3v) is 5.85. The van der Waals surface area contributed by atoms with Crippen LogP contribution in [0.4, 0.5) is 5.69 Å². The highest BCUT2D eigenvalue weighted by molar-refractivity contribution is 8.13. The maximum absolute atomic E-state index is 12.0. The summed E-state index contributed by atoms with van der Waals surface area (Å²) < 4.78 is 54.7. The van der Waals surface area contributed by atoms with E-state index in [0.717, 1.165) is 12.8 Å². The first-order chi connectivity index (χ1) is 9.62. The highest BCUT2D eigenvalue weighted by atomic mass is 35.7. The van der Waals surface area contributed by atoms with Gasteiger partial charge in [0.15, 0.2) is 5.75 Å². The minimum absolute atomic E-state index is 0.0209. The third-order valence-electron chi connectivity index (χ3n) is 3.08. The number of nitrogens with one attached hydrogen (secondary N) is 1. The van der Waals surface area contributed by atoms with Crippen LogP contribution in [0.1, 0.15) is 18.4 Å². The van der Waals surface area contributed by atoms with Gasteiger partial charge in [0.1, 0.15) is 4.90 Å². The summed E-state index contributed by atoms with van der Waals surface area (Å²) in [6, 6.07) is 2.84. The number of methoxy groups -OCH3 is 1. The maximum Gasteiger partial charge on any atom is 0.265 e. The van der Waals surface area contributed by atoms with Gasteiger partial charge in [-0.3, -0.25) is 4.72 Å². The number of benzene rings is 1. The number of halogens is 1. The van der Waals surface area contributed by atoms with E-state index in [1.165, 1.54) is 19.2 Å². The van der Waals surface area contributed by atoms with Crippen LogP contribution in [0, 0.1) is 12.8 Å². The number of anilines is 1. The number of hydrogen-bond acceptors (Lipinski definition) is 5. The van der Waals surface area contributed by atoms with Crippen LogP contribution in [0.15, 0.2) is 17.0 Å². The Morgan fingerprint density at radius 1 is 1.29 bits per heavy atom. The van der Waals surface area contributed by atoms with Crippen molar-refractivity contribution in [3.05, 3.63) is 17.7 Å². The molecule has 1 fully saturated rings. The Bertz CT molecular complexity index is 754. The summed E-state index contributed by atoms with van der Waals surface area (Å²) in [6.45, 7) is 1.64. The van der Waals surface area contributed by atoms with Crippen molar-refractivity contribution in [1.29, 1.82) is 0 Å². The van der Waals surface area contributed by atoms with E-state index in [-0.39, 0.29) is 28.0 Å². The van der Waals surface area contributed by atoms with Crippen molar-refractivity contribution in [2.45, 2.75) is 24.7 Å². The number of aryl methyl sites for hydroxylation is 1. The topological polar surface area (TPSA) is 89.5 Å². The SMILES string of the molecule is COc1c(NS(=O)(=O)CC2CC2)cc(C)cc1S(=O)(=O)Cl. The van der Waals surface area contributed by atoms with E-state index in [0.29, 0.717) is 5.56 Å². The molecule has 1 aromatic rings. The molecule has 0 heterocycles. The van der Waals surface area contributed by atoms with Gasteiger partial charge in [-0.25, -0.2) is 16.8 Å². The molecule has 1 aliphatic rings. The molecule has 0 aromatic heterocycles. The fraction of sp³-hybridized carbons (Fsp3) is 0.500. The van der Waals surface area contributed by atoms with Crippen LogP contribution in [0.2, 0.25) is 0 Å². The van der Waals surface area contributed by atoms with Crippen molar-refractivity contribution >= 4 is 35.4 Å². The van der Waals surface area contributed by atoms with Gasteiger partial charge in [0.05, 0.1) is 18.6 Å². The Hall–Kier alpha value is -0.990. The standard InChI is InChI=1S/C12H16ClNO5S2/c1-8-5-10(14-20(15,16)7-9-3-4-9)12(19-2)11(6-8)21(13,17)18/h5-6,9,14H,3-4,7H2,1-2H3. The summed E-state index contributed by atoms with van der Waals surface area (Å²) in [5.74, 6) is 0.0945. The molecule has 0 unspecified atom stereocenters. The average Bonchev–Trinajstić information content (AvgIpc) is 3.09. The first kappa shape index (κ1) is 16.4. The summed E-state index contributed by atoms with van der Waals surface area (Å²) in [7, 11) is -0.970. The van der Waals surface area contributed by atoms with Crippen LogP contribution in [-0.2, 0) is 19.1 Å². The molecular weight excluding hydrogens is 338 g/mol. The molecular formula is C12H16ClNO5S2. The number of hydrogen-bond donors (Lipinski definition) is 1. The van der Waals surface area contributed by atoms with E-state index < -0.39 is 19.1 Å². The Labute approximate surface area is 128 Å². The van der Waals surface area contributed by atoms with Crippen LogP contribution >= 0.6 is 10.7 Å². The molecule has 0 aliphatic heterocycles. The fourth-order valence-corrected chi connectivity index (χ4v) is 4.62. The molecule has 9 heteroatoms. The minimum Gasteiger partial charge on any atom is -0.493 e. The normalized spacial score (nSPS) is 15.8. The van der Waals surface area contributed by atoms with Gasteiger partial charge in [-0.2, -0.15) is 0 Å². The van der Waals surface area contributed by atoms with Crippen LogP contribution in [0.25, 0.3) is 0 Å². The van der Waals surface area contributed by atoms with E-state index in [2.05, 4.69) is 4.72 Å². The highest BCUT2D eigenvalue weighted by Gasteiger charge is 2.29. The lowest BCUT2D eigenvalue weighted by Crippen LogP contribution is -2.18. The average molecular weight is 354 g/mol. The summed E-state index contributed by atoms with van der Waals surface area (Å²) in [4.78, 5) is -0.254. The lowest BCUT2D eigenvalue weighted by atomic mass is 10.2. The quantitative estimate of drug-likeness (QED) is 0.791. The van der Waals surface area contributed by atoms with Crippen molar-refractivity contribution < 1.29 is 21.6 Å². The van der Waals surface area contributed by atoms with E-state index in [4.69, 9.17) is 15.4 Å². The smallest absolute Gasteiger partial charge is 0.265 e. The zero-order valence-electron chi connectivity index (χ0n) is 11.6. The van der Waals surface area contributed by atoms with Crippen molar-refractivity contribution in [2.75, 3.05) is 17.6 Å². The van der Waals surface area contributed by atoms with Crippen LogP contribution < -0.4 is 9.46 Å². The number of sulfonamides is 1. The van der Waals surface area contributed by atoms with Gasteiger partial charge < -0.3 is 4.74 Å². The molecule has 21 heavy (non-hydrogen) atoms. The number of ether oxygens (including phenoxy) is 1. The van der Waals surface area contributed by atoms with E-state index in [1.54, 1.807) is 6.92 Å². The Morgan fingerprint density at radius 2 is 1.90 bits per heavy atom. The van der Waals surface area contributed by atoms with E-state index in [9.17, 15) is 16.8 Å². The highest BCUT2D eigenvalue weighted by Crippen LogP contribution is 2.37. The van der Waals surface area contributed by atoms with Gasteiger partial charge in [-0.05, 0) is 43.4 Å². The van der Waals surface area contributed by atoms with Gasteiger partial charge in [-0.15, -0.1) is 0 Å². The van der Waals surface area contributed by atoms with Crippen molar-refractivity contribution in [3.8, 4) is 5.75 Å². The third kappa shape index (κ3) is 4.24. The first-order valence-corrected chi connectivity index (χ1v) is 10.2. The summed E-state index contributed by atoms with van der Waals surface area (Å²) in [5, 5.41) is 0. The molecule has 0 atom stereocenters. The molecule has 1 aliphatic carbocycles. The molecule has 1 aromatic carbocycles. The van der Waals surface area contributed by atoms with Crippen LogP contribution in [0.3, 0.4) is 0 Å². The largest absolute Gasteiger partial charge is 0.493 e. The molecule has 0 spiro atoms. The van der Waals surface area contributed by atoms with E-state index >= 15 is 0 Å². The van der Waals surface area contributed by atoms with Crippen molar-refractivity contribution in [3.63, 3.8) is 0 Å². The summed E-state index contributed by atoms with van der Waals surface area (Å²) in [6.07, 6.45) is 1.79. The molecule has 1 N–H and O–H groups in total. The van der Waals surface area contributed by atoms with Crippen LogP contribution in [0.5, 0.6) is 5.75 Å². The Kier molecular flexibility index (Phi) is 4.41. The number of rotatable bonds is 6. The molecule has 2 rings (SSSR count). The summed E-state index contributed by atoms with van der Waals surface area (Å²) in [5.41, 5.74) is 0.636. The first-order valence-electron chi connectivity index (χ1n) is 6.26.